The Labute approximate surface area is 132 Å². The summed E-state index contributed by atoms with van der Waals surface area (Å²) in [6.45, 7) is 0. The van der Waals surface area contributed by atoms with Gasteiger partial charge in [-0.1, -0.05) is 12.1 Å². The van der Waals surface area contributed by atoms with Crippen LogP contribution in [0.15, 0.2) is 54.7 Å². The molecule has 112 valence electrons. The molecule has 0 saturated heterocycles. The van der Waals surface area contributed by atoms with E-state index in [1.165, 1.54) is 12.0 Å². The van der Waals surface area contributed by atoms with E-state index in [2.05, 4.69) is 4.98 Å². The maximum atomic E-state index is 12.7. The van der Waals surface area contributed by atoms with Gasteiger partial charge >= 0.3 is 0 Å². The third kappa shape index (κ3) is 1.90. The van der Waals surface area contributed by atoms with Gasteiger partial charge in [-0.2, -0.15) is 0 Å². The number of benzene rings is 2. The zero-order chi connectivity index (χ0) is 16.0. The van der Waals surface area contributed by atoms with Crippen molar-refractivity contribution in [3.8, 4) is 5.75 Å². The van der Waals surface area contributed by atoms with Gasteiger partial charge in [0.2, 0.25) is 0 Å². The summed E-state index contributed by atoms with van der Waals surface area (Å²) < 4.78 is 5.22. The molecule has 0 radical (unpaired) electrons. The van der Waals surface area contributed by atoms with Crippen LogP contribution in [0.3, 0.4) is 0 Å². The minimum Gasteiger partial charge on any atom is -0.496 e. The van der Waals surface area contributed by atoms with E-state index in [1.54, 1.807) is 42.6 Å². The van der Waals surface area contributed by atoms with E-state index in [9.17, 15) is 9.59 Å². The fourth-order valence-corrected chi connectivity index (χ4v) is 2.86. The number of fused-ring (bicyclic) bond motifs is 2. The first-order valence-corrected chi connectivity index (χ1v) is 7.11. The maximum Gasteiger partial charge on any atom is 0.269 e. The van der Waals surface area contributed by atoms with E-state index in [0.29, 0.717) is 22.6 Å². The van der Waals surface area contributed by atoms with Gasteiger partial charge < -0.3 is 4.74 Å². The second-order valence-corrected chi connectivity index (χ2v) is 5.21. The molecule has 5 nitrogen and oxygen atoms in total. The maximum absolute atomic E-state index is 12.7. The minimum absolute atomic E-state index is 0.311. The first kappa shape index (κ1) is 13.5. The highest BCUT2D eigenvalue weighted by Crippen LogP contribution is 2.34. The van der Waals surface area contributed by atoms with Gasteiger partial charge in [0.25, 0.3) is 11.8 Å². The van der Waals surface area contributed by atoms with Crippen molar-refractivity contribution < 1.29 is 14.3 Å². The van der Waals surface area contributed by atoms with E-state index >= 15 is 0 Å². The highest BCUT2D eigenvalue weighted by Gasteiger charge is 2.39. The molecule has 2 heterocycles. The van der Waals surface area contributed by atoms with Crippen molar-refractivity contribution in [3.05, 3.63) is 65.9 Å². The van der Waals surface area contributed by atoms with Crippen LogP contribution in [0.5, 0.6) is 5.75 Å². The lowest BCUT2D eigenvalue weighted by atomic mass is 10.1. The highest BCUT2D eigenvalue weighted by atomic mass is 16.5. The topological polar surface area (TPSA) is 59.5 Å². The molecule has 2 amide bonds. The molecule has 1 aliphatic rings. The molecule has 0 spiro atoms. The summed E-state index contributed by atoms with van der Waals surface area (Å²) in [6.07, 6.45) is 1.70. The lowest BCUT2D eigenvalue weighted by molar-refractivity contribution is 0.0925. The molecule has 0 bridgehead atoms. The number of imide groups is 1. The molecule has 0 fully saturated rings. The molecule has 0 saturated carbocycles. The zero-order valence-corrected chi connectivity index (χ0v) is 12.3. The Morgan fingerprint density at radius 1 is 1.00 bits per heavy atom. The third-order valence-corrected chi connectivity index (χ3v) is 3.94. The summed E-state index contributed by atoms with van der Waals surface area (Å²) in [5.41, 5.74) is 2.01. The Balaban J connectivity index is 1.86. The number of carbonyl (C=O) groups excluding carboxylic acids is 2. The lowest BCUT2D eigenvalue weighted by Crippen LogP contribution is -2.29. The largest absolute Gasteiger partial charge is 0.496 e. The number of amides is 2. The molecule has 0 N–H and O–H groups in total. The van der Waals surface area contributed by atoms with Crippen LogP contribution >= 0.6 is 0 Å². The smallest absolute Gasteiger partial charge is 0.269 e. The minimum atomic E-state index is -0.370. The Hall–Kier alpha value is -3.21. The lowest BCUT2D eigenvalue weighted by Gasteiger charge is -2.14. The van der Waals surface area contributed by atoms with Crippen molar-refractivity contribution in [3.63, 3.8) is 0 Å². The van der Waals surface area contributed by atoms with Crippen LogP contribution in [-0.4, -0.2) is 23.9 Å². The van der Waals surface area contributed by atoms with Crippen LogP contribution < -0.4 is 9.64 Å². The molecule has 2 aromatic carbocycles. The summed E-state index contributed by atoms with van der Waals surface area (Å²) in [5.74, 6) is -0.302. The molecule has 3 aromatic rings. The molecule has 4 rings (SSSR count). The number of aromatic nitrogens is 1. The number of carbonyl (C=O) groups is 2. The van der Waals surface area contributed by atoms with Gasteiger partial charge in [-0.15, -0.1) is 0 Å². The number of hydrogen-bond donors (Lipinski definition) is 0. The standard InChI is InChI=1S/C18H12N2O3/c1-23-15-6-2-5-13-16(15)18(22)20(17(13)21)12-7-8-14-11(10-12)4-3-9-19-14/h2-10H,1H3. The normalized spacial score (nSPS) is 13.5. The first-order valence-electron chi connectivity index (χ1n) is 7.11. The van der Waals surface area contributed by atoms with Crippen LogP contribution in [-0.2, 0) is 0 Å². The average Bonchev–Trinajstić information content (AvgIpc) is 2.85. The van der Waals surface area contributed by atoms with Crippen molar-refractivity contribution in [2.75, 3.05) is 12.0 Å². The quantitative estimate of drug-likeness (QED) is 0.683. The molecule has 5 heteroatoms. The Morgan fingerprint density at radius 3 is 2.70 bits per heavy atom. The van der Waals surface area contributed by atoms with E-state index in [4.69, 9.17) is 4.74 Å². The van der Waals surface area contributed by atoms with Crippen molar-refractivity contribution in [1.29, 1.82) is 0 Å². The van der Waals surface area contributed by atoms with Crippen molar-refractivity contribution in [1.82, 2.24) is 4.98 Å². The van der Waals surface area contributed by atoms with Crippen LogP contribution in [0.4, 0.5) is 5.69 Å². The number of rotatable bonds is 2. The van der Waals surface area contributed by atoms with Crippen molar-refractivity contribution >= 4 is 28.4 Å². The molecule has 23 heavy (non-hydrogen) atoms. The van der Waals surface area contributed by atoms with E-state index < -0.39 is 0 Å². The van der Waals surface area contributed by atoms with Gasteiger partial charge in [-0.05, 0) is 36.4 Å². The van der Waals surface area contributed by atoms with Crippen LogP contribution in [0.1, 0.15) is 20.7 Å². The Bertz CT molecular complexity index is 965. The van der Waals surface area contributed by atoms with Gasteiger partial charge in [0.05, 0.1) is 29.4 Å². The SMILES string of the molecule is COc1cccc2c1C(=O)N(c1ccc3ncccc3c1)C2=O. The second-order valence-electron chi connectivity index (χ2n) is 5.21. The molecule has 1 aromatic heterocycles. The van der Waals surface area contributed by atoms with Crippen LogP contribution in [0.25, 0.3) is 10.9 Å². The van der Waals surface area contributed by atoms with Gasteiger partial charge in [0.15, 0.2) is 0 Å². The van der Waals surface area contributed by atoms with Gasteiger partial charge in [-0.3, -0.25) is 14.6 Å². The molecule has 0 aliphatic carbocycles. The van der Waals surface area contributed by atoms with Crippen LogP contribution in [0.2, 0.25) is 0 Å². The van der Waals surface area contributed by atoms with E-state index in [-0.39, 0.29) is 11.8 Å². The Morgan fingerprint density at radius 2 is 1.87 bits per heavy atom. The van der Waals surface area contributed by atoms with Crippen molar-refractivity contribution in [2.45, 2.75) is 0 Å². The number of nitrogens with zero attached hydrogens (tertiary/aromatic N) is 2. The number of anilines is 1. The summed E-state index contributed by atoms with van der Waals surface area (Å²) in [7, 11) is 1.48. The number of ether oxygens (including phenoxy) is 1. The molecular formula is C18H12N2O3. The van der Waals surface area contributed by atoms with Crippen molar-refractivity contribution in [2.24, 2.45) is 0 Å². The number of hydrogen-bond acceptors (Lipinski definition) is 4. The summed E-state index contributed by atoms with van der Waals surface area (Å²) >= 11 is 0. The van der Waals surface area contributed by atoms with E-state index in [1.807, 2.05) is 12.1 Å². The Kier molecular flexibility index (Phi) is 2.87. The average molecular weight is 304 g/mol. The first-order chi connectivity index (χ1) is 11.2. The predicted octanol–water partition coefficient (Wildman–Crippen LogP) is 3.04. The summed E-state index contributed by atoms with van der Waals surface area (Å²) in [6, 6.07) is 14.0. The fraction of sp³-hybridized carbons (Fsp3) is 0.0556. The molecule has 0 atom stereocenters. The zero-order valence-electron chi connectivity index (χ0n) is 12.3. The predicted molar refractivity (Wildman–Crippen MR) is 85.9 cm³/mol. The van der Waals surface area contributed by atoms with Gasteiger partial charge in [0.1, 0.15) is 5.75 Å². The fourth-order valence-electron chi connectivity index (χ4n) is 2.86. The molecule has 0 unspecified atom stereocenters. The third-order valence-electron chi connectivity index (χ3n) is 3.94. The second kappa shape index (κ2) is 4.91. The molecule has 1 aliphatic heterocycles. The summed E-state index contributed by atoms with van der Waals surface area (Å²) in [4.78, 5) is 30.8. The monoisotopic (exact) mass is 304 g/mol. The highest BCUT2D eigenvalue weighted by molar-refractivity contribution is 6.35. The number of pyridine rings is 1. The summed E-state index contributed by atoms with van der Waals surface area (Å²) in [5, 5.41) is 0.869. The van der Waals surface area contributed by atoms with Gasteiger partial charge in [-0.25, -0.2) is 4.90 Å². The van der Waals surface area contributed by atoms with E-state index in [0.717, 1.165) is 10.9 Å². The molecular weight excluding hydrogens is 292 g/mol. The van der Waals surface area contributed by atoms with Crippen LogP contribution in [0, 0.1) is 0 Å². The number of methoxy groups -OCH3 is 1. The van der Waals surface area contributed by atoms with Gasteiger partial charge in [0, 0.05) is 11.6 Å².